The molecule has 1 amide bonds. The number of aryl methyl sites for hydroxylation is 1. The largest absolute Gasteiger partial charge is 0.354 e. The molecule has 2 N–H and O–H groups in total. The van der Waals surface area contributed by atoms with Crippen LogP contribution in [0, 0.1) is 6.92 Å². The van der Waals surface area contributed by atoms with E-state index in [0.29, 0.717) is 10.6 Å². The molecule has 0 bridgehead atoms. The second-order valence-corrected chi connectivity index (χ2v) is 7.65. The van der Waals surface area contributed by atoms with Crippen molar-refractivity contribution in [3.8, 4) is 0 Å². The van der Waals surface area contributed by atoms with Gasteiger partial charge in [-0.05, 0) is 13.0 Å². The van der Waals surface area contributed by atoms with Crippen molar-refractivity contribution in [1.82, 2.24) is 15.0 Å². The summed E-state index contributed by atoms with van der Waals surface area (Å²) in [5.41, 5.74) is 0.679. The van der Waals surface area contributed by atoms with Crippen molar-refractivity contribution in [1.29, 1.82) is 0 Å². The van der Waals surface area contributed by atoms with Crippen LogP contribution in [0.5, 0.6) is 0 Å². The average Bonchev–Trinajstić information content (AvgIpc) is 3.04. The summed E-state index contributed by atoms with van der Waals surface area (Å²) in [6.07, 6.45) is 0. The predicted octanol–water partition coefficient (Wildman–Crippen LogP) is 1.35. The maximum Gasteiger partial charge on any atom is 0.261 e. The summed E-state index contributed by atoms with van der Waals surface area (Å²) in [5, 5.41) is 6.59. The summed E-state index contributed by atoms with van der Waals surface area (Å²) in [5.74, 6) is -0.299. The highest BCUT2D eigenvalue weighted by atomic mass is 32.2. The lowest BCUT2D eigenvalue weighted by Gasteiger charge is -2.02. The smallest absolute Gasteiger partial charge is 0.261 e. The van der Waals surface area contributed by atoms with Gasteiger partial charge in [-0.2, -0.15) is 0 Å². The molecule has 0 spiro atoms. The first-order valence-electron chi connectivity index (χ1n) is 5.63. The predicted molar refractivity (Wildman–Crippen MR) is 78.6 cm³/mol. The first-order chi connectivity index (χ1) is 9.42. The molecule has 0 unspecified atom stereocenters. The zero-order chi connectivity index (χ0) is 14.8. The van der Waals surface area contributed by atoms with E-state index in [-0.39, 0.29) is 17.3 Å². The van der Waals surface area contributed by atoms with Crippen LogP contribution in [0.4, 0.5) is 0 Å². The van der Waals surface area contributed by atoms with Crippen LogP contribution in [0.15, 0.2) is 21.7 Å². The van der Waals surface area contributed by atoms with Crippen LogP contribution < -0.4 is 10.0 Å². The Morgan fingerprint density at radius 1 is 1.35 bits per heavy atom. The van der Waals surface area contributed by atoms with Gasteiger partial charge in [0.1, 0.15) is 0 Å². The van der Waals surface area contributed by atoms with Gasteiger partial charge in [0.25, 0.3) is 5.91 Å². The lowest BCUT2D eigenvalue weighted by atomic mass is 10.4. The van der Waals surface area contributed by atoms with E-state index in [1.54, 1.807) is 5.38 Å². The number of hydrogen-bond acceptors (Lipinski definition) is 6. The number of nitrogens with zero attached hydrogens (tertiary/aromatic N) is 1. The Bertz CT molecular complexity index is 718. The van der Waals surface area contributed by atoms with Crippen molar-refractivity contribution < 1.29 is 13.2 Å². The summed E-state index contributed by atoms with van der Waals surface area (Å²) >= 11 is 2.56. The Hall–Kier alpha value is -1.29. The molecule has 20 heavy (non-hydrogen) atoms. The summed E-state index contributed by atoms with van der Waals surface area (Å²) in [6, 6.07) is 1.36. The molecule has 2 heterocycles. The third-order valence-corrected chi connectivity index (χ3v) is 5.73. The maximum atomic E-state index is 12.1. The number of carbonyl (C=O) groups is 1. The molecule has 0 radical (unpaired) electrons. The van der Waals surface area contributed by atoms with Crippen LogP contribution in [0.3, 0.4) is 0 Å². The SMILES string of the molecule is CNC(=O)c1cc(S(=O)(=O)NCc2csc(C)n2)cs1. The van der Waals surface area contributed by atoms with Gasteiger partial charge in [-0.1, -0.05) is 0 Å². The first kappa shape index (κ1) is 15.1. The lowest BCUT2D eigenvalue weighted by Crippen LogP contribution is -2.23. The standard InChI is InChI=1S/C11H13N3O3S3/c1-7-14-8(5-18-7)4-13-20(16,17)9-3-10(19-6-9)11(15)12-2/h3,5-6,13H,4H2,1-2H3,(H,12,15). The number of thiophene rings is 1. The van der Waals surface area contributed by atoms with Gasteiger partial charge in [0, 0.05) is 17.8 Å². The van der Waals surface area contributed by atoms with Crippen LogP contribution in [0.1, 0.15) is 20.4 Å². The van der Waals surface area contributed by atoms with E-state index in [2.05, 4.69) is 15.0 Å². The highest BCUT2D eigenvalue weighted by molar-refractivity contribution is 7.89. The van der Waals surface area contributed by atoms with Gasteiger partial charge in [0.05, 0.1) is 27.0 Å². The Morgan fingerprint density at radius 2 is 2.10 bits per heavy atom. The summed E-state index contributed by atoms with van der Waals surface area (Å²) in [7, 11) is -2.13. The number of carbonyl (C=O) groups excluding carboxylic acids is 1. The number of thiazole rings is 1. The minimum atomic E-state index is -3.63. The molecule has 2 aromatic rings. The monoisotopic (exact) mass is 331 g/mol. The number of amides is 1. The number of hydrogen-bond donors (Lipinski definition) is 2. The second kappa shape index (κ2) is 6.00. The van der Waals surface area contributed by atoms with Gasteiger partial charge in [0.2, 0.25) is 10.0 Å². The summed E-state index contributed by atoms with van der Waals surface area (Å²) in [4.78, 5) is 16.0. The molecular formula is C11H13N3O3S3. The van der Waals surface area contributed by atoms with Crippen molar-refractivity contribution in [2.45, 2.75) is 18.4 Å². The molecule has 108 valence electrons. The average molecular weight is 331 g/mol. The van der Waals surface area contributed by atoms with E-state index >= 15 is 0 Å². The second-order valence-electron chi connectivity index (χ2n) is 3.91. The third-order valence-electron chi connectivity index (χ3n) is 2.45. The Labute approximate surface area is 124 Å². The molecule has 9 heteroatoms. The van der Waals surface area contributed by atoms with E-state index in [1.807, 2.05) is 6.92 Å². The van der Waals surface area contributed by atoms with Gasteiger partial charge in [-0.25, -0.2) is 18.1 Å². The van der Waals surface area contributed by atoms with Gasteiger partial charge in [-0.3, -0.25) is 4.79 Å². The van der Waals surface area contributed by atoms with Gasteiger partial charge >= 0.3 is 0 Å². The third kappa shape index (κ3) is 3.42. The van der Waals surface area contributed by atoms with E-state index in [0.717, 1.165) is 16.3 Å². The Balaban J connectivity index is 2.10. The van der Waals surface area contributed by atoms with Crippen LogP contribution in [0.2, 0.25) is 0 Å². The molecule has 0 fully saturated rings. The zero-order valence-corrected chi connectivity index (χ0v) is 13.3. The molecule has 0 saturated heterocycles. The van der Waals surface area contributed by atoms with Gasteiger partial charge in [0.15, 0.2) is 0 Å². The zero-order valence-electron chi connectivity index (χ0n) is 10.8. The normalized spacial score (nSPS) is 11.5. The molecule has 0 saturated carbocycles. The topological polar surface area (TPSA) is 88.2 Å². The van der Waals surface area contributed by atoms with Crippen LogP contribution in [0.25, 0.3) is 0 Å². The fourth-order valence-electron chi connectivity index (χ4n) is 1.44. The molecular weight excluding hydrogens is 318 g/mol. The molecule has 0 aliphatic rings. The molecule has 0 aliphatic heterocycles. The highest BCUT2D eigenvalue weighted by Crippen LogP contribution is 2.19. The van der Waals surface area contributed by atoms with Crippen molar-refractivity contribution >= 4 is 38.6 Å². The Morgan fingerprint density at radius 3 is 2.70 bits per heavy atom. The number of rotatable bonds is 5. The molecule has 6 nitrogen and oxygen atoms in total. The van der Waals surface area contributed by atoms with Crippen LogP contribution in [-0.4, -0.2) is 26.4 Å². The molecule has 0 aliphatic carbocycles. The minimum Gasteiger partial charge on any atom is -0.354 e. The molecule has 2 aromatic heterocycles. The van der Waals surface area contributed by atoms with Gasteiger partial charge in [-0.15, -0.1) is 22.7 Å². The van der Waals surface area contributed by atoms with Crippen molar-refractivity contribution in [2.75, 3.05) is 7.05 Å². The highest BCUT2D eigenvalue weighted by Gasteiger charge is 2.18. The molecule has 0 aromatic carbocycles. The van der Waals surface area contributed by atoms with E-state index in [1.165, 1.54) is 29.8 Å². The van der Waals surface area contributed by atoms with E-state index < -0.39 is 10.0 Å². The van der Waals surface area contributed by atoms with Crippen molar-refractivity contribution in [3.05, 3.63) is 32.4 Å². The number of aromatic nitrogens is 1. The quantitative estimate of drug-likeness (QED) is 0.866. The summed E-state index contributed by atoms with van der Waals surface area (Å²) in [6.45, 7) is 2.00. The number of nitrogens with one attached hydrogen (secondary N) is 2. The van der Waals surface area contributed by atoms with E-state index in [4.69, 9.17) is 0 Å². The lowest BCUT2D eigenvalue weighted by molar-refractivity contribution is 0.0967. The minimum absolute atomic E-state index is 0.0908. The molecule has 2 rings (SSSR count). The molecule has 0 atom stereocenters. The van der Waals surface area contributed by atoms with Crippen molar-refractivity contribution in [3.63, 3.8) is 0 Å². The van der Waals surface area contributed by atoms with Gasteiger partial charge < -0.3 is 5.32 Å². The van der Waals surface area contributed by atoms with Crippen molar-refractivity contribution in [2.24, 2.45) is 0 Å². The fourth-order valence-corrected chi connectivity index (χ4v) is 4.27. The fraction of sp³-hybridized carbons (Fsp3) is 0.273. The van der Waals surface area contributed by atoms with E-state index in [9.17, 15) is 13.2 Å². The van der Waals surface area contributed by atoms with Crippen LogP contribution >= 0.6 is 22.7 Å². The summed E-state index contributed by atoms with van der Waals surface area (Å²) < 4.78 is 26.6. The maximum absolute atomic E-state index is 12.1. The van der Waals surface area contributed by atoms with Crippen LogP contribution in [-0.2, 0) is 16.6 Å². The Kier molecular flexibility index (Phi) is 4.53. The first-order valence-corrected chi connectivity index (χ1v) is 8.88. The number of sulfonamides is 1.